The number of nitrogens with one attached hydrogen (secondary N) is 3. The number of carbonyl (C=O) groups is 4. The molecule has 0 aliphatic heterocycles. The summed E-state index contributed by atoms with van der Waals surface area (Å²) in [6, 6.07) is 6.26. The molecule has 35 heavy (non-hydrogen) atoms. The minimum atomic E-state index is -1.18. The van der Waals surface area contributed by atoms with Gasteiger partial charge < -0.3 is 20.4 Å². The molecule has 1 aromatic carbocycles. The molecule has 1 atom stereocenters. The Balaban J connectivity index is 1.33. The molecular weight excluding hydrogens is 446 g/mol. The molecule has 0 bridgehead atoms. The maximum absolute atomic E-state index is 13.6. The first-order valence-electron chi connectivity index (χ1n) is 12.7. The highest BCUT2D eigenvalue weighted by Gasteiger charge is 2.50. The van der Waals surface area contributed by atoms with Crippen LogP contribution in [0.25, 0.3) is 11.0 Å². The van der Waals surface area contributed by atoms with Gasteiger partial charge in [0.2, 0.25) is 11.7 Å². The Kier molecular flexibility index (Phi) is 6.15. The van der Waals surface area contributed by atoms with E-state index in [0.717, 1.165) is 50.3 Å². The topological polar surface area (TPSA) is 118 Å². The predicted octanol–water partition coefficient (Wildman–Crippen LogP) is 3.39. The normalized spacial score (nSPS) is 21.1. The van der Waals surface area contributed by atoms with Crippen LogP contribution in [0.3, 0.4) is 0 Å². The second-order valence-electron chi connectivity index (χ2n) is 10.9. The van der Waals surface area contributed by atoms with Crippen molar-refractivity contribution in [3.8, 4) is 0 Å². The molecule has 0 saturated heterocycles. The molecule has 186 valence electrons. The van der Waals surface area contributed by atoms with Gasteiger partial charge in [-0.15, -0.1) is 0 Å². The molecule has 0 unspecified atom stereocenters. The molecule has 3 N–H and O–H groups in total. The molecule has 3 saturated carbocycles. The fraction of sp³-hybridized carbons (Fsp3) is 0.556. The summed E-state index contributed by atoms with van der Waals surface area (Å²) < 4.78 is 5.42. The van der Waals surface area contributed by atoms with Gasteiger partial charge in [0.25, 0.3) is 11.8 Å². The summed E-state index contributed by atoms with van der Waals surface area (Å²) in [5, 5.41) is 9.45. The molecule has 0 radical (unpaired) electrons. The van der Waals surface area contributed by atoms with E-state index in [9.17, 15) is 19.2 Å². The third-order valence-electron chi connectivity index (χ3n) is 7.97. The molecule has 5 rings (SSSR count). The number of ketones is 1. The van der Waals surface area contributed by atoms with E-state index in [4.69, 9.17) is 4.42 Å². The summed E-state index contributed by atoms with van der Waals surface area (Å²) in [6.07, 6.45) is 9.60. The Hall–Kier alpha value is -3.16. The maximum atomic E-state index is 13.6. The largest absolute Gasteiger partial charge is 0.464 e. The number of amides is 3. The zero-order valence-corrected chi connectivity index (χ0v) is 20.2. The molecule has 3 fully saturated rings. The number of rotatable bonds is 9. The van der Waals surface area contributed by atoms with Gasteiger partial charge in [0.15, 0.2) is 0 Å². The number of hydrogen-bond acceptors (Lipinski definition) is 5. The summed E-state index contributed by atoms with van der Waals surface area (Å²) in [5.41, 5.74) is -0.245. The quantitative estimate of drug-likeness (QED) is 0.477. The first kappa shape index (κ1) is 23.6. The summed E-state index contributed by atoms with van der Waals surface area (Å²) in [7, 11) is 0. The van der Waals surface area contributed by atoms with E-state index >= 15 is 0 Å². The summed E-state index contributed by atoms with van der Waals surface area (Å²) >= 11 is 0. The molecule has 1 heterocycles. The van der Waals surface area contributed by atoms with Crippen LogP contribution in [0.4, 0.5) is 0 Å². The van der Waals surface area contributed by atoms with E-state index in [2.05, 4.69) is 22.9 Å². The van der Waals surface area contributed by atoms with Crippen molar-refractivity contribution in [2.45, 2.75) is 88.8 Å². The number of Topliss-reactive ketones (excluding diaryl/α,β-unsaturated/α-hetero) is 1. The van der Waals surface area contributed by atoms with Crippen LogP contribution < -0.4 is 16.0 Å². The van der Waals surface area contributed by atoms with Gasteiger partial charge in [-0.1, -0.05) is 25.8 Å². The molecule has 1 aromatic heterocycles. The Morgan fingerprint density at radius 3 is 2.43 bits per heavy atom. The summed E-state index contributed by atoms with van der Waals surface area (Å²) in [4.78, 5) is 52.2. The number of carbonyl (C=O) groups excluding carboxylic acids is 4. The van der Waals surface area contributed by atoms with E-state index in [0.29, 0.717) is 30.4 Å². The van der Waals surface area contributed by atoms with Gasteiger partial charge in [0, 0.05) is 17.0 Å². The maximum Gasteiger partial charge on any atom is 0.290 e. The van der Waals surface area contributed by atoms with E-state index in [1.807, 2.05) is 12.1 Å². The van der Waals surface area contributed by atoms with Crippen LogP contribution in [0.2, 0.25) is 0 Å². The highest BCUT2D eigenvalue weighted by molar-refractivity contribution is 6.40. The van der Waals surface area contributed by atoms with Crippen LogP contribution in [-0.2, 0) is 14.4 Å². The van der Waals surface area contributed by atoms with Gasteiger partial charge in [-0.2, -0.15) is 0 Å². The highest BCUT2D eigenvalue weighted by Crippen LogP contribution is 2.42. The third kappa shape index (κ3) is 4.97. The van der Waals surface area contributed by atoms with Crippen LogP contribution in [-0.4, -0.2) is 41.1 Å². The number of furan rings is 1. The highest BCUT2D eigenvalue weighted by atomic mass is 16.3. The lowest BCUT2D eigenvalue weighted by atomic mass is 9.72. The molecule has 8 nitrogen and oxygen atoms in total. The molecule has 3 aliphatic carbocycles. The number of fused-ring (bicyclic) bond motifs is 1. The Morgan fingerprint density at radius 1 is 1.03 bits per heavy atom. The zero-order valence-electron chi connectivity index (χ0n) is 20.2. The van der Waals surface area contributed by atoms with Crippen LogP contribution in [0.15, 0.2) is 34.9 Å². The van der Waals surface area contributed by atoms with Crippen molar-refractivity contribution in [1.82, 2.24) is 16.0 Å². The third-order valence-corrected chi connectivity index (χ3v) is 7.97. The van der Waals surface area contributed by atoms with Gasteiger partial charge in [0.05, 0.1) is 6.26 Å². The molecule has 0 spiro atoms. The monoisotopic (exact) mass is 479 g/mol. The van der Waals surface area contributed by atoms with Crippen molar-refractivity contribution >= 4 is 34.5 Å². The lowest BCUT2D eigenvalue weighted by Gasteiger charge is -2.41. The number of benzene rings is 1. The molecular formula is C27H33N3O5. The van der Waals surface area contributed by atoms with Crippen LogP contribution >= 0.6 is 0 Å². The Bertz CT molecular complexity index is 1150. The second kappa shape index (κ2) is 9.13. The fourth-order valence-corrected chi connectivity index (χ4v) is 5.43. The van der Waals surface area contributed by atoms with Gasteiger partial charge in [-0.3, -0.25) is 19.2 Å². The molecule has 2 aromatic rings. The van der Waals surface area contributed by atoms with Gasteiger partial charge in [-0.05, 0) is 75.0 Å². The number of hydrogen-bond donors (Lipinski definition) is 3. The van der Waals surface area contributed by atoms with Crippen LogP contribution in [0.5, 0.6) is 0 Å². The standard InChI is InChI=1S/C27H33N3O5/c1-26(10-2-3-11-26)16-20(29-23(32)18-6-5-17-9-14-35-21(17)15-18)24(33)30-27(12-4-13-27)22(31)25(34)28-19-7-8-19/h5-6,9,14-15,19-20H,2-4,7-8,10-13,16H2,1H3,(H,28,34)(H,29,32)(H,30,33)/t20-/m0/s1. The first-order valence-corrected chi connectivity index (χ1v) is 12.7. The first-order chi connectivity index (χ1) is 16.8. The molecule has 3 aliphatic rings. The minimum absolute atomic E-state index is 0.0691. The van der Waals surface area contributed by atoms with Crippen LogP contribution in [0.1, 0.15) is 81.5 Å². The lowest BCUT2D eigenvalue weighted by molar-refractivity contribution is -0.146. The molecule has 8 heteroatoms. The Labute approximate surface area is 204 Å². The van der Waals surface area contributed by atoms with Crippen molar-refractivity contribution in [2.75, 3.05) is 0 Å². The van der Waals surface area contributed by atoms with Crippen molar-refractivity contribution < 1.29 is 23.6 Å². The van der Waals surface area contributed by atoms with Gasteiger partial charge >= 0.3 is 0 Å². The van der Waals surface area contributed by atoms with Crippen molar-refractivity contribution in [2.24, 2.45) is 5.41 Å². The Morgan fingerprint density at radius 2 is 1.77 bits per heavy atom. The van der Waals surface area contributed by atoms with Gasteiger partial charge in [-0.25, -0.2) is 0 Å². The molecule has 3 amide bonds. The second-order valence-corrected chi connectivity index (χ2v) is 10.9. The average molecular weight is 480 g/mol. The van der Waals surface area contributed by atoms with Crippen molar-refractivity contribution in [3.05, 3.63) is 36.1 Å². The van der Waals surface area contributed by atoms with Crippen molar-refractivity contribution in [1.29, 1.82) is 0 Å². The smallest absolute Gasteiger partial charge is 0.290 e. The fourth-order valence-electron chi connectivity index (χ4n) is 5.43. The SMILES string of the molecule is CC1(C[C@H](NC(=O)c2ccc3ccoc3c2)C(=O)NC2(C(=O)C(=O)NC3CC3)CCC2)CCCC1. The average Bonchev–Trinajstić information content (AvgIpc) is 3.32. The van der Waals surface area contributed by atoms with E-state index < -0.39 is 29.2 Å². The van der Waals surface area contributed by atoms with E-state index in [-0.39, 0.29) is 17.4 Å². The summed E-state index contributed by atoms with van der Waals surface area (Å²) in [6.45, 7) is 2.15. The lowest BCUT2D eigenvalue weighted by Crippen LogP contribution is -2.65. The van der Waals surface area contributed by atoms with Crippen LogP contribution in [0, 0.1) is 5.41 Å². The van der Waals surface area contributed by atoms with Gasteiger partial charge in [0.1, 0.15) is 17.2 Å². The van der Waals surface area contributed by atoms with Crippen molar-refractivity contribution in [3.63, 3.8) is 0 Å². The minimum Gasteiger partial charge on any atom is -0.464 e. The predicted molar refractivity (Wildman–Crippen MR) is 130 cm³/mol. The summed E-state index contributed by atoms with van der Waals surface area (Å²) in [5.74, 6) is -1.98. The van der Waals surface area contributed by atoms with E-state index in [1.54, 1.807) is 18.4 Å². The van der Waals surface area contributed by atoms with E-state index in [1.165, 1.54) is 0 Å². The zero-order chi connectivity index (χ0) is 24.6.